The minimum atomic E-state index is -1.32. The van der Waals surface area contributed by atoms with Gasteiger partial charge in [-0.1, -0.05) is 59.6 Å². The summed E-state index contributed by atoms with van der Waals surface area (Å²) in [6, 6.07) is 17.7. The van der Waals surface area contributed by atoms with Gasteiger partial charge in [-0.25, -0.2) is 4.98 Å². The zero-order valence-electron chi connectivity index (χ0n) is 15.3. The van der Waals surface area contributed by atoms with Gasteiger partial charge in [0.05, 0.1) is 21.1 Å². The minimum Gasteiger partial charge on any atom is -0.508 e. The molecule has 144 valence electrons. The number of phenols is 1. The number of para-hydroxylation sites is 2. The number of nitrogens with zero attached hydrogens (tertiary/aromatic N) is 2. The van der Waals surface area contributed by atoms with Crippen molar-refractivity contribution in [2.75, 3.05) is 11.9 Å². The molecule has 5 nitrogen and oxygen atoms in total. The van der Waals surface area contributed by atoms with Crippen molar-refractivity contribution >= 4 is 45.8 Å². The average molecular weight is 424 g/mol. The Labute approximate surface area is 176 Å². The van der Waals surface area contributed by atoms with Crippen LogP contribution in [0.2, 0.25) is 10.0 Å². The molecule has 1 aliphatic rings. The van der Waals surface area contributed by atoms with Gasteiger partial charge in [0, 0.05) is 23.9 Å². The standard InChI is InChI=1S/C22H15Cl2N3O2/c1-27-18-8-4-2-6-12(18)22(21(27)29,13-7-3-5-9-19(13)28)20-25-16-10-14(23)15(24)11-17(16)26-20/h2-11,28H,1H3,(H,25,26). The predicted molar refractivity (Wildman–Crippen MR) is 114 cm³/mol. The van der Waals surface area contributed by atoms with Crippen LogP contribution in [0.1, 0.15) is 17.0 Å². The summed E-state index contributed by atoms with van der Waals surface area (Å²) in [5.41, 5.74) is 1.88. The number of aromatic nitrogens is 2. The number of imidazole rings is 1. The molecule has 0 aliphatic carbocycles. The quantitative estimate of drug-likeness (QED) is 0.482. The number of H-pyrrole nitrogens is 1. The smallest absolute Gasteiger partial charge is 0.249 e. The summed E-state index contributed by atoms with van der Waals surface area (Å²) in [5.74, 6) is 0.202. The number of benzene rings is 3. The van der Waals surface area contributed by atoms with Gasteiger partial charge < -0.3 is 15.0 Å². The number of aromatic hydroxyl groups is 1. The highest BCUT2D eigenvalue weighted by molar-refractivity contribution is 6.42. The van der Waals surface area contributed by atoms with Crippen LogP contribution in [0.3, 0.4) is 0 Å². The third kappa shape index (κ3) is 2.35. The van der Waals surface area contributed by atoms with Crippen molar-refractivity contribution in [1.29, 1.82) is 0 Å². The molecule has 1 aliphatic heterocycles. The number of carbonyl (C=O) groups excluding carboxylic acids is 1. The van der Waals surface area contributed by atoms with Crippen molar-refractivity contribution in [3.63, 3.8) is 0 Å². The Hall–Kier alpha value is -3.02. The number of likely N-dealkylation sites (N-methyl/N-ethyl adjacent to an activating group) is 1. The number of hydrogen-bond donors (Lipinski definition) is 2. The number of rotatable bonds is 2. The van der Waals surface area contributed by atoms with E-state index in [0.29, 0.717) is 32.5 Å². The molecular weight excluding hydrogens is 409 g/mol. The second kappa shape index (κ2) is 6.24. The zero-order chi connectivity index (χ0) is 20.3. The number of halogens is 2. The number of aromatic amines is 1. The lowest BCUT2D eigenvalue weighted by Gasteiger charge is -2.27. The molecule has 0 radical (unpaired) electrons. The molecule has 1 aromatic heterocycles. The van der Waals surface area contributed by atoms with Gasteiger partial charge in [0.15, 0.2) is 5.41 Å². The average Bonchev–Trinajstić information content (AvgIpc) is 3.21. The lowest BCUT2D eigenvalue weighted by atomic mass is 9.74. The van der Waals surface area contributed by atoms with Crippen LogP contribution in [0.4, 0.5) is 5.69 Å². The highest BCUT2D eigenvalue weighted by Gasteiger charge is 2.55. The summed E-state index contributed by atoms with van der Waals surface area (Å²) < 4.78 is 0. The lowest BCUT2D eigenvalue weighted by molar-refractivity contribution is -0.120. The maximum absolute atomic E-state index is 13.8. The number of phenolic OH excluding ortho intramolecular Hbond substituents is 1. The largest absolute Gasteiger partial charge is 0.508 e. The zero-order valence-corrected chi connectivity index (χ0v) is 16.8. The molecule has 0 spiro atoms. The summed E-state index contributed by atoms with van der Waals surface area (Å²) in [6.07, 6.45) is 0. The van der Waals surface area contributed by atoms with Gasteiger partial charge in [0.1, 0.15) is 11.6 Å². The number of anilines is 1. The predicted octanol–water partition coefficient (Wildman–Crippen LogP) is 4.89. The summed E-state index contributed by atoms with van der Waals surface area (Å²) in [4.78, 5) is 23.3. The molecule has 0 bridgehead atoms. The maximum Gasteiger partial charge on any atom is 0.249 e. The van der Waals surface area contributed by atoms with Crippen LogP contribution in [0.15, 0.2) is 60.7 Å². The van der Waals surface area contributed by atoms with E-state index in [0.717, 1.165) is 11.3 Å². The Kier molecular flexibility index (Phi) is 3.88. The van der Waals surface area contributed by atoms with Gasteiger partial charge in [-0.05, 0) is 24.3 Å². The third-order valence-corrected chi connectivity index (χ3v) is 6.20. The van der Waals surface area contributed by atoms with Crippen molar-refractivity contribution in [2.45, 2.75) is 5.41 Å². The third-order valence-electron chi connectivity index (χ3n) is 5.48. The van der Waals surface area contributed by atoms with Gasteiger partial charge in [0.2, 0.25) is 5.91 Å². The van der Waals surface area contributed by atoms with Crippen LogP contribution in [0.5, 0.6) is 5.75 Å². The molecule has 29 heavy (non-hydrogen) atoms. The van der Waals surface area contributed by atoms with Gasteiger partial charge in [-0.2, -0.15) is 0 Å². The van der Waals surface area contributed by atoms with Crippen LogP contribution in [0, 0.1) is 0 Å². The maximum atomic E-state index is 13.8. The van der Waals surface area contributed by atoms with E-state index in [1.54, 1.807) is 48.3 Å². The van der Waals surface area contributed by atoms with Gasteiger partial charge >= 0.3 is 0 Å². The number of carbonyl (C=O) groups is 1. The molecule has 7 heteroatoms. The van der Waals surface area contributed by atoms with Crippen LogP contribution in [-0.4, -0.2) is 28.0 Å². The minimum absolute atomic E-state index is 0.0162. The lowest BCUT2D eigenvalue weighted by Crippen LogP contribution is -2.41. The molecule has 2 heterocycles. The topological polar surface area (TPSA) is 69.2 Å². The fourth-order valence-corrected chi connectivity index (χ4v) is 4.47. The first-order chi connectivity index (χ1) is 13.9. The van der Waals surface area contributed by atoms with Crippen molar-refractivity contribution in [3.8, 4) is 5.75 Å². The van der Waals surface area contributed by atoms with Crippen molar-refractivity contribution < 1.29 is 9.90 Å². The fraction of sp³-hybridized carbons (Fsp3) is 0.0909. The van der Waals surface area contributed by atoms with Crippen LogP contribution in [0.25, 0.3) is 11.0 Å². The van der Waals surface area contributed by atoms with Crippen molar-refractivity contribution in [3.05, 3.63) is 87.7 Å². The highest BCUT2D eigenvalue weighted by Crippen LogP contribution is 2.51. The Morgan fingerprint density at radius 1 is 1.00 bits per heavy atom. The summed E-state index contributed by atoms with van der Waals surface area (Å²) in [7, 11) is 1.72. The second-order valence-corrected chi connectivity index (χ2v) is 7.83. The number of hydrogen-bond acceptors (Lipinski definition) is 3. The second-order valence-electron chi connectivity index (χ2n) is 7.02. The Bertz CT molecular complexity index is 1260. The summed E-state index contributed by atoms with van der Waals surface area (Å²) >= 11 is 12.3. The summed E-state index contributed by atoms with van der Waals surface area (Å²) in [6.45, 7) is 0. The normalized spacial score (nSPS) is 18.4. The van der Waals surface area contributed by atoms with E-state index in [2.05, 4.69) is 4.98 Å². The molecule has 0 fully saturated rings. The van der Waals surface area contributed by atoms with E-state index in [1.807, 2.05) is 24.3 Å². The molecule has 5 rings (SSSR count). The van der Waals surface area contributed by atoms with E-state index in [4.69, 9.17) is 28.2 Å². The van der Waals surface area contributed by atoms with Crippen LogP contribution >= 0.6 is 23.2 Å². The van der Waals surface area contributed by atoms with Crippen LogP contribution in [-0.2, 0) is 10.2 Å². The monoisotopic (exact) mass is 423 g/mol. The fourth-order valence-electron chi connectivity index (χ4n) is 4.15. The molecule has 0 saturated carbocycles. The van der Waals surface area contributed by atoms with Crippen molar-refractivity contribution in [1.82, 2.24) is 9.97 Å². The van der Waals surface area contributed by atoms with E-state index in [-0.39, 0.29) is 11.7 Å². The molecule has 0 saturated heterocycles. The molecule has 2 N–H and O–H groups in total. The highest BCUT2D eigenvalue weighted by atomic mass is 35.5. The number of fused-ring (bicyclic) bond motifs is 2. The summed E-state index contributed by atoms with van der Waals surface area (Å²) in [5, 5.41) is 11.5. The number of amides is 1. The molecule has 1 amide bonds. The van der Waals surface area contributed by atoms with Crippen molar-refractivity contribution in [2.24, 2.45) is 0 Å². The Balaban J connectivity index is 1.91. The van der Waals surface area contributed by atoms with Gasteiger partial charge in [-0.15, -0.1) is 0 Å². The molecular formula is C22H15Cl2N3O2. The van der Waals surface area contributed by atoms with E-state index < -0.39 is 5.41 Å². The SMILES string of the molecule is CN1C(=O)C(c2nc3cc(Cl)c(Cl)cc3[nH]2)(c2ccccc2O)c2ccccc21. The molecule has 4 aromatic rings. The molecule has 3 aromatic carbocycles. The molecule has 1 unspecified atom stereocenters. The first-order valence-electron chi connectivity index (χ1n) is 8.96. The Morgan fingerprint density at radius 2 is 1.66 bits per heavy atom. The Morgan fingerprint density at radius 3 is 2.41 bits per heavy atom. The molecule has 1 atom stereocenters. The van der Waals surface area contributed by atoms with E-state index >= 15 is 0 Å². The first-order valence-corrected chi connectivity index (χ1v) is 9.71. The van der Waals surface area contributed by atoms with E-state index in [1.165, 1.54) is 0 Å². The van der Waals surface area contributed by atoms with E-state index in [9.17, 15) is 9.90 Å². The van der Waals surface area contributed by atoms with Crippen LogP contribution < -0.4 is 4.90 Å². The van der Waals surface area contributed by atoms with Gasteiger partial charge in [0.25, 0.3) is 0 Å². The van der Waals surface area contributed by atoms with Gasteiger partial charge in [-0.3, -0.25) is 4.79 Å². The first kappa shape index (κ1) is 18.0. The number of nitrogens with one attached hydrogen (secondary N) is 1.